The number of thiocarbonyl (C=S) groups is 1. The summed E-state index contributed by atoms with van der Waals surface area (Å²) in [6, 6.07) is 24.0. The molecule has 0 spiro atoms. The highest BCUT2D eigenvalue weighted by Gasteiger charge is 2.14. The van der Waals surface area contributed by atoms with Crippen LogP contribution in [0.5, 0.6) is 11.5 Å². The Bertz CT molecular complexity index is 1490. The summed E-state index contributed by atoms with van der Waals surface area (Å²) in [5.74, 6) is 0.239. The maximum Gasteiger partial charge on any atom is 0.270 e. The molecule has 2 amide bonds. The first-order valence-electron chi connectivity index (χ1n) is 11.2. The Hall–Kier alpha value is -4.76. The van der Waals surface area contributed by atoms with Crippen LogP contribution in [0.15, 0.2) is 84.9 Å². The molecule has 4 rings (SSSR count). The van der Waals surface area contributed by atoms with E-state index in [1.54, 1.807) is 37.5 Å². The largest absolute Gasteiger partial charge is 0.493 e. The van der Waals surface area contributed by atoms with E-state index in [0.717, 1.165) is 11.1 Å². The average molecular weight is 513 g/mol. The second kappa shape index (κ2) is 11.8. The number of nitrogens with zero attached hydrogens (tertiary/aromatic N) is 1. The first-order chi connectivity index (χ1) is 18.0. The van der Waals surface area contributed by atoms with Crippen LogP contribution in [0.4, 0.5) is 0 Å². The van der Waals surface area contributed by atoms with Crippen LogP contribution in [0.1, 0.15) is 15.9 Å². The molecule has 0 fully saturated rings. The van der Waals surface area contributed by atoms with Crippen LogP contribution >= 0.6 is 12.2 Å². The van der Waals surface area contributed by atoms with Gasteiger partial charge in [-0.15, -0.1) is 0 Å². The summed E-state index contributed by atoms with van der Waals surface area (Å²) in [6.07, 6.45) is 2.92. The Morgan fingerprint density at radius 1 is 0.865 bits per heavy atom. The first kappa shape index (κ1) is 25.3. The van der Waals surface area contributed by atoms with E-state index in [1.807, 2.05) is 54.6 Å². The molecule has 1 aromatic heterocycles. The van der Waals surface area contributed by atoms with Gasteiger partial charge in [-0.3, -0.25) is 25.8 Å². The van der Waals surface area contributed by atoms with Crippen molar-refractivity contribution in [2.45, 2.75) is 0 Å². The predicted molar refractivity (Wildman–Crippen MR) is 147 cm³/mol. The van der Waals surface area contributed by atoms with E-state index in [4.69, 9.17) is 21.7 Å². The van der Waals surface area contributed by atoms with Gasteiger partial charge in [0, 0.05) is 17.0 Å². The van der Waals surface area contributed by atoms with E-state index >= 15 is 0 Å². The van der Waals surface area contributed by atoms with E-state index < -0.39 is 11.8 Å². The van der Waals surface area contributed by atoms with Crippen LogP contribution in [-0.4, -0.2) is 36.1 Å². The summed E-state index contributed by atoms with van der Waals surface area (Å²) < 4.78 is 10.5. The van der Waals surface area contributed by atoms with E-state index in [2.05, 4.69) is 21.2 Å². The lowest BCUT2D eigenvalue weighted by molar-refractivity contribution is -0.115. The Kier molecular flexibility index (Phi) is 8.07. The predicted octanol–water partition coefficient (Wildman–Crippen LogP) is 4.27. The highest BCUT2D eigenvalue weighted by molar-refractivity contribution is 7.80. The van der Waals surface area contributed by atoms with Crippen molar-refractivity contribution in [1.29, 1.82) is 0 Å². The van der Waals surface area contributed by atoms with Crippen LogP contribution < -0.4 is 25.6 Å². The molecule has 3 aromatic carbocycles. The van der Waals surface area contributed by atoms with Gasteiger partial charge in [0.15, 0.2) is 16.6 Å². The zero-order chi connectivity index (χ0) is 26.2. The van der Waals surface area contributed by atoms with Gasteiger partial charge in [0.25, 0.3) is 5.91 Å². The summed E-state index contributed by atoms with van der Waals surface area (Å²) in [6.45, 7) is 0. The lowest BCUT2D eigenvalue weighted by Crippen LogP contribution is -2.48. The second-order valence-corrected chi connectivity index (χ2v) is 8.19. The molecule has 9 heteroatoms. The minimum absolute atomic E-state index is 0.0584. The number of pyridine rings is 1. The number of aromatic nitrogens is 1. The van der Waals surface area contributed by atoms with Crippen molar-refractivity contribution < 1.29 is 19.1 Å². The van der Waals surface area contributed by atoms with Crippen LogP contribution in [0.2, 0.25) is 0 Å². The number of hydrogen-bond acceptors (Lipinski definition) is 6. The van der Waals surface area contributed by atoms with Crippen LogP contribution in [-0.2, 0) is 4.79 Å². The van der Waals surface area contributed by atoms with E-state index in [0.29, 0.717) is 33.7 Å². The Morgan fingerprint density at radius 2 is 1.59 bits per heavy atom. The molecule has 0 bridgehead atoms. The van der Waals surface area contributed by atoms with Gasteiger partial charge in [-0.1, -0.05) is 54.6 Å². The highest BCUT2D eigenvalue weighted by atomic mass is 32.1. The average Bonchev–Trinajstić information content (AvgIpc) is 2.94. The highest BCUT2D eigenvalue weighted by Crippen LogP contribution is 2.28. The Balaban J connectivity index is 1.41. The number of carbonyl (C=O) groups excluding carboxylic acids is 2. The zero-order valence-corrected chi connectivity index (χ0v) is 21.0. The zero-order valence-electron chi connectivity index (χ0n) is 20.1. The molecule has 0 aliphatic carbocycles. The molecule has 4 aromatic rings. The molecule has 0 aliphatic heterocycles. The van der Waals surface area contributed by atoms with Crippen molar-refractivity contribution >= 4 is 46.1 Å². The van der Waals surface area contributed by atoms with Gasteiger partial charge >= 0.3 is 0 Å². The number of fused-ring (bicyclic) bond motifs is 1. The van der Waals surface area contributed by atoms with Crippen LogP contribution in [0.3, 0.4) is 0 Å². The number of benzene rings is 3. The maximum atomic E-state index is 13.0. The van der Waals surface area contributed by atoms with Crippen LogP contribution in [0.25, 0.3) is 28.2 Å². The van der Waals surface area contributed by atoms with Crippen molar-refractivity contribution in [3.8, 4) is 22.8 Å². The summed E-state index contributed by atoms with van der Waals surface area (Å²) >= 11 is 5.16. The van der Waals surface area contributed by atoms with E-state index in [1.165, 1.54) is 13.2 Å². The van der Waals surface area contributed by atoms with Crippen molar-refractivity contribution in [3.05, 3.63) is 96.1 Å². The molecular formula is C28H24N4O4S. The maximum absolute atomic E-state index is 13.0. The third-order valence-electron chi connectivity index (χ3n) is 5.39. The van der Waals surface area contributed by atoms with Gasteiger partial charge in [-0.2, -0.15) is 0 Å². The quantitative estimate of drug-likeness (QED) is 0.202. The van der Waals surface area contributed by atoms with Gasteiger partial charge in [-0.05, 0) is 48.1 Å². The molecule has 0 radical (unpaired) electrons. The fourth-order valence-electron chi connectivity index (χ4n) is 3.61. The van der Waals surface area contributed by atoms with Gasteiger partial charge in [0.2, 0.25) is 5.91 Å². The molecular weight excluding hydrogens is 488 g/mol. The molecule has 0 saturated heterocycles. The summed E-state index contributed by atoms with van der Waals surface area (Å²) in [5.41, 5.74) is 8.52. The number of amides is 2. The van der Waals surface area contributed by atoms with Crippen LogP contribution in [0, 0.1) is 0 Å². The molecule has 0 aliphatic rings. The standard InChI is InChI=1S/C28H24N4O4S/c1-35-24-14-12-18(16-25(24)36-2)13-15-26(33)30-28(37)32-31-27(34)21-17-23(19-8-4-3-5-9-19)29-22-11-7-6-10-20(21)22/h3-17H,1-2H3,(H,31,34)(H2,30,32,33,37). The number of para-hydroxylation sites is 1. The SMILES string of the molecule is COc1ccc(C=CC(=O)NC(=S)NNC(=O)c2cc(-c3ccccc3)nc3ccccc23)cc1OC. The molecule has 0 saturated carbocycles. The fourth-order valence-corrected chi connectivity index (χ4v) is 3.77. The minimum atomic E-state index is -0.470. The number of methoxy groups -OCH3 is 2. The number of carbonyl (C=O) groups is 2. The molecule has 0 unspecified atom stereocenters. The topological polar surface area (TPSA) is 102 Å². The van der Waals surface area contributed by atoms with Crippen molar-refractivity contribution in [1.82, 2.24) is 21.2 Å². The lowest BCUT2D eigenvalue weighted by Gasteiger charge is -2.12. The number of rotatable bonds is 6. The second-order valence-electron chi connectivity index (χ2n) is 7.78. The number of hydrogen-bond donors (Lipinski definition) is 3. The smallest absolute Gasteiger partial charge is 0.270 e. The molecule has 1 heterocycles. The number of nitrogens with one attached hydrogen (secondary N) is 3. The van der Waals surface area contributed by atoms with Gasteiger partial charge in [0.1, 0.15) is 0 Å². The molecule has 37 heavy (non-hydrogen) atoms. The lowest BCUT2D eigenvalue weighted by atomic mass is 10.0. The molecule has 3 N–H and O–H groups in total. The first-order valence-corrected chi connectivity index (χ1v) is 11.7. The number of ether oxygens (including phenoxy) is 2. The minimum Gasteiger partial charge on any atom is -0.493 e. The van der Waals surface area contributed by atoms with Crippen molar-refractivity contribution in [2.75, 3.05) is 14.2 Å². The normalized spacial score (nSPS) is 10.6. The van der Waals surface area contributed by atoms with E-state index in [-0.39, 0.29) is 5.11 Å². The monoisotopic (exact) mass is 512 g/mol. The molecule has 186 valence electrons. The van der Waals surface area contributed by atoms with Crippen molar-refractivity contribution in [2.24, 2.45) is 0 Å². The van der Waals surface area contributed by atoms with Gasteiger partial charge < -0.3 is 9.47 Å². The third kappa shape index (κ3) is 6.28. The summed E-state index contributed by atoms with van der Waals surface area (Å²) in [5, 5.41) is 3.12. The molecule has 0 atom stereocenters. The Labute approximate surface area is 219 Å². The Morgan fingerprint density at radius 3 is 2.35 bits per heavy atom. The van der Waals surface area contributed by atoms with E-state index in [9.17, 15) is 9.59 Å². The summed E-state index contributed by atoms with van der Waals surface area (Å²) in [4.78, 5) is 30.0. The van der Waals surface area contributed by atoms with Crippen molar-refractivity contribution in [3.63, 3.8) is 0 Å². The van der Waals surface area contributed by atoms with Gasteiger partial charge in [0.05, 0.1) is 31.0 Å². The van der Waals surface area contributed by atoms with Gasteiger partial charge in [-0.25, -0.2) is 4.98 Å². The summed E-state index contributed by atoms with van der Waals surface area (Å²) in [7, 11) is 3.08. The number of hydrazine groups is 1. The molecule has 8 nitrogen and oxygen atoms in total. The third-order valence-corrected chi connectivity index (χ3v) is 5.60. The fraction of sp³-hybridized carbons (Fsp3) is 0.0714.